The molecular formula is C14H20N4O3. The van der Waals surface area contributed by atoms with E-state index in [1.807, 2.05) is 13.8 Å². The van der Waals surface area contributed by atoms with E-state index in [9.17, 15) is 9.90 Å². The van der Waals surface area contributed by atoms with Crippen LogP contribution in [-0.4, -0.2) is 46.1 Å². The molecule has 2 N–H and O–H groups in total. The van der Waals surface area contributed by atoms with Crippen LogP contribution >= 0.6 is 0 Å². The lowest BCUT2D eigenvalue weighted by atomic mass is 10.1. The number of anilines is 1. The monoisotopic (exact) mass is 292 g/mol. The first-order valence-electron chi connectivity index (χ1n) is 6.74. The van der Waals surface area contributed by atoms with E-state index in [0.717, 1.165) is 11.1 Å². The van der Waals surface area contributed by atoms with Gasteiger partial charge in [-0.15, -0.1) is 0 Å². The third-order valence-corrected chi connectivity index (χ3v) is 3.34. The zero-order chi connectivity index (χ0) is 15.6. The molecule has 114 valence electrons. The van der Waals surface area contributed by atoms with Crippen LogP contribution in [-0.2, 0) is 11.8 Å². The van der Waals surface area contributed by atoms with Gasteiger partial charge < -0.3 is 15.2 Å². The van der Waals surface area contributed by atoms with Gasteiger partial charge in [-0.05, 0) is 12.8 Å². The van der Waals surface area contributed by atoms with Crippen LogP contribution in [0.15, 0.2) is 6.20 Å². The summed E-state index contributed by atoms with van der Waals surface area (Å²) in [5.74, 6) is -0.744. The quantitative estimate of drug-likeness (QED) is 0.842. The second kappa shape index (κ2) is 6.09. The van der Waals surface area contributed by atoms with E-state index in [1.165, 1.54) is 6.20 Å². The van der Waals surface area contributed by atoms with Crippen LogP contribution in [0.25, 0.3) is 11.0 Å². The van der Waals surface area contributed by atoms with Crippen molar-refractivity contribution in [3.8, 4) is 0 Å². The third kappa shape index (κ3) is 2.97. The Balaban J connectivity index is 2.46. The van der Waals surface area contributed by atoms with E-state index in [4.69, 9.17) is 4.74 Å². The molecule has 0 bridgehead atoms. The molecule has 2 rings (SSSR count). The Morgan fingerprint density at radius 3 is 2.90 bits per heavy atom. The van der Waals surface area contributed by atoms with Gasteiger partial charge in [0.2, 0.25) is 0 Å². The largest absolute Gasteiger partial charge is 0.478 e. The molecule has 0 saturated carbocycles. The van der Waals surface area contributed by atoms with Crippen molar-refractivity contribution in [2.24, 2.45) is 13.0 Å². The Kier molecular flexibility index (Phi) is 4.42. The molecule has 0 fully saturated rings. The number of nitrogens with one attached hydrogen (secondary N) is 1. The van der Waals surface area contributed by atoms with Crippen molar-refractivity contribution in [2.45, 2.75) is 13.8 Å². The molecule has 0 aromatic carbocycles. The SMILES string of the molecule is COCC(C)CNc1c(C(=O)O)cnc2c1c(C)nn2C. The van der Waals surface area contributed by atoms with Gasteiger partial charge in [0.25, 0.3) is 0 Å². The van der Waals surface area contributed by atoms with Crippen molar-refractivity contribution in [1.29, 1.82) is 0 Å². The summed E-state index contributed by atoms with van der Waals surface area (Å²) in [5, 5.41) is 17.6. The fraction of sp³-hybridized carbons (Fsp3) is 0.500. The lowest BCUT2D eigenvalue weighted by molar-refractivity contribution is 0.0697. The average Bonchev–Trinajstić information content (AvgIpc) is 2.71. The van der Waals surface area contributed by atoms with Crippen molar-refractivity contribution < 1.29 is 14.6 Å². The number of fused-ring (bicyclic) bond motifs is 1. The summed E-state index contributed by atoms with van der Waals surface area (Å²) >= 11 is 0. The number of aromatic carboxylic acids is 1. The summed E-state index contributed by atoms with van der Waals surface area (Å²) in [7, 11) is 3.44. The Hall–Kier alpha value is -2.15. The first-order chi connectivity index (χ1) is 9.95. The van der Waals surface area contributed by atoms with E-state index >= 15 is 0 Å². The summed E-state index contributed by atoms with van der Waals surface area (Å²) in [6.07, 6.45) is 1.37. The summed E-state index contributed by atoms with van der Waals surface area (Å²) in [5.41, 5.74) is 2.15. The predicted molar refractivity (Wildman–Crippen MR) is 79.7 cm³/mol. The van der Waals surface area contributed by atoms with Crippen LogP contribution in [0.5, 0.6) is 0 Å². The molecular weight excluding hydrogens is 272 g/mol. The first-order valence-corrected chi connectivity index (χ1v) is 6.74. The molecule has 7 nitrogen and oxygen atoms in total. The number of carboxylic acids is 1. The first kappa shape index (κ1) is 15.2. The van der Waals surface area contributed by atoms with E-state index in [1.54, 1.807) is 18.8 Å². The summed E-state index contributed by atoms with van der Waals surface area (Å²) < 4.78 is 6.75. The highest BCUT2D eigenvalue weighted by Gasteiger charge is 2.19. The number of carbonyl (C=O) groups is 1. The van der Waals surface area contributed by atoms with Crippen molar-refractivity contribution in [2.75, 3.05) is 25.6 Å². The fourth-order valence-electron chi connectivity index (χ4n) is 2.38. The number of pyridine rings is 1. The minimum absolute atomic E-state index is 0.156. The summed E-state index contributed by atoms with van der Waals surface area (Å²) in [6, 6.07) is 0. The fourth-order valence-corrected chi connectivity index (χ4v) is 2.38. The van der Waals surface area contributed by atoms with Crippen molar-refractivity contribution in [3.05, 3.63) is 17.5 Å². The minimum atomic E-state index is -1.01. The number of rotatable bonds is 6. The highest BCUT2D eigenvalue weighted by Crippen LogP contribution is 2.28. The van der Waals surface area contributed by atoms with Crippen molar-refractivity contribution >= 4 is 22.7 Å². The van der Waals surface area contributed by atoms with Gasteiger partial charge in [0, 0.05) is 26.9 Å². The van der Waals surface area contributed by atoms with Gasteiger partial charge in [0.15, 0.2) is 5.65 Å². The minimum Gasteiger partial charge on any atom is -0.478 e. The Labute approximate surface area is 122 Å². The maximum absolute atomic E-state index is 11.4. The number of methoxy groups -OCH3 is 1. The smallest absolute Gasteiger partial charge is 0.339 e. The summed E-state index contributed by atoms with van der Waals surface area (Å²) in [6.45, 7) is 5.10. The highest BCUT2D eigenvalue weighted by molar-refractivity contribution is 6.04. The number of carboxylic acid groups (broad SMARTS) is 1. The van der Waals surface area contributed by atoms with Gasteiger partial charge in [0.1, 0.15) is 5.56 Å². The molecule has 1 unspecified atom stereocenters. The molecule has 0 spiro atoms. The van der Waals surface area contributed by atoms with E-state index in [2.05, 4.69) is 15.4 Å². The van der Waals surface area contributed by atoms with Crippen LogP contribution in [0.2, 0.25) is 0 Å². The van der Waals surface area contributed by atoms with E-state index < -0.39 is 5.97 Å². The number of hydrogen-bond donors (Lipinski definition) is 2. The molecule has 2 heterocycles. The highest BCUT2D eigenvalue weighted by atomic mass is 16.5. The topological polar surface area (TPSA) is 89.3 Å². The number of aryl methyl sites for hydroxylation is 2. The Morgan fingerprint density at radius 1 is 1.57 bits per heavy atom. The molecule has 2 aromatic heterocycles. The lowest BCUT2D eigenvalue weighted by Crippen LogP contribution is -2.18. The maximum atomic E-state index is 11.4. The molecule has 0 radical (unpaired) electrons. The van der Waals surface area contributed by atoms with Crippen molar-refractivity contribution in [1.82, 2.24) is 14.8 Å². The normalized spacial score (nSPS) is 12.6. The molecule has 2 aromatic rings. The zero-order valence-corrected chi connectivity index (χ0v) is 12.7. The van der Waals surface area contributed by atoms with Crippen LogP contribution in [0.3, 0.4) is 0 Å². The number of hydrogen-bond acceptors (Lipinski definition) is 5. The van der Waals surface area contributed by atoms with E-state index in [0.29, 0.717) is 24.5 Å². The molecule has 0 saturated heterocycles. The van der Waals surface area contributed by atoms with Gasteiger partial charge in [-0.2, -0.15) is 5.10 Å². The van der Waals surface area contributed by atoms with Gasteiger partial charge in [-0.25, -0.2) is 9.78 Å². The standard InChI is InChI=1S/C14H20N4O3/c1-8(7-21-4)5-15-12-10(14(19)20)6-16-13-11(12)9(2)17-18(13)3/h6,8H,5,7H2,1-4H3,(H,15,16)(H,19,20). The third-order valence-electron chi connectivity index (χ3n) is 3.34. The van der Waals surface area contributed by atoms with Crippen LogP contribution in [0.1, 0.15) is 23.0 Å². The Morgan fingerprint density at radius 2 is 2.29 bits per heavy atom. The zero-order valence-electron chi connectivity index (χ0n) is 12.7. The van der Waals surface area contributed by atoms with E-state index in [-0.39, 0.29) is 11.5 Å². The second-order valence-electron chi connectivity index (χ2n) is 5.20. The van der Waals surface area contributed by atoms with Gasteiger partial charge in [-0.1, -0.05) is 6.92 Å². The number of aromatic nitrogens is 3. The van der Waals surface area contributed by atoms with Crippen molar-refractivity contribution in [3.63, 3.8) is 0 Å². The van der Waals surface area contributed by atoms with Crippen LogP contribution in [0, 0.1) is 12.8 Å². The Bertz CT molecular complexity index is 666. The molecule has 21 heavy (non-hydrogen) atoms. The van der Waals surface area contributed by atoms with Crippen LogP contribution < -0.4 is 5.32 Å². The number of ether oxygens (including phenoxy) is 1. The maximum Gasteiger partial charge on any atom is 0.339 e. The van der Waals surface area contributed by atoms with Gasteiger partial charge >= 0.3 is 5.97 Å². The molecule has 0 amide bonds. The van der Waals surface area contributed by atoms with Gasteiger partial charge in [0.05, 0.1) is 23.4 Å². The molecule has 7 heteroatoms. The molecule has 1 atom stereocenters. The average molecular weight is 292 g/mol. The number of nitrogens with zero attached hydrogens (tertiary/aromatic N) is 3. The van der Waals surface area contributed by atoms with Gasteiger partial charge in [-0.3, -0.25) is 4.68 Å². The molecule has 0 aliphatic carbocycles. The summed E-state index contributed by atoms with van der Waals surface area (Å²) in [4.78, 5) is 15.6. The van der Waals surface area contributed by atoms with Crippen LogP contribution in [0.4, 0.5) is 5.69 Å². The predicted octanol–water partition coefficient (Wildman–Crippen LogP) is 1.67. The second-order valence-corrected chi connectivity index (χ2v) is 5.20. The molecule has 0 aliphatic rings. The molecule has 0 aliphatic heterocycles. The lowest BCUT2D eigenvalue weighted by Gasteiger charge is -2.15.